The molecule has 0 unspecified atom stereocenters. The fourth-order valence-electron chi connectivity index (χ4n) is 3.04. The normalized spacial score (nSPS) is 17.7. The van der Waals surface area contributed by atoms with E-state index >= 15 is 0 Å². The van der Waals surface area contributed by atoms with Gasteiger partial charge in [0.15, 0.2) is 5.11 Å². The highest BCUT2D eigenvalue weighted by Crippen LogP contribution is 2.36. The highest BCUT2D eigenvalue weighted by molar-refractivity contribution is 7.80. The molecule has 20 heavy (non-hydrogen) atoms. The summed E-state index contributed by atoms with van der Waals surface area (Å²) in [6.45, 7) is 2.97. The molecule has 0 aromatic heterocycles. The standard InChI is InChI=1S/C16H25N3S/c1-2-11-19(15(17)20)14-8-6-7-13(12-14)16(18)9-4-3-5-10-16/h6-8,12H,2-5,9-11,18H2,1H3,(H2,17,20). The Morgan fingerprint density at radius 2 is 2.00 bits per heavy atom. The number of nitrogens with zero attached hydrogens (tertiary/aromatic N) is 1. The van der Waals surface area contributed by atoms with Crippen molar-refractivity contribution in [3.63, 3.8) is 0 Å². The minimum Gasteiger partial charge on any atom is -0.376 e. The van der Waals surface area contributed by atoms with E-state index in [2.05, 4.69) is 31.2 Å². The fourth-order valence-corrected chi connectivity index (χ4v) is 3.24. The van der Waals surface area contributed by atoms with E-state index in [4.69, 9.17) is 23.7 Å². The van der Waals surface area contributed by atoms with Crippen LogP contribution in [0.25, 0.3) is 0 Å². The number of rotatable bonds is 4. The van der Waals surface area contributed by atoms with Crippen LogP contribution in [0.5, 0.6) is 0 Å². The van der Waals surface area contributed by atoms with Crippen molar-refractivity contribution < 1.29 is 0 Å². The Morgan fingerprint density at radius 1 is 1.30 bits per heavy atom. The number of benzene rings is 1. The van der Waals surface area contributed by atoms with Crippen LogP contribution in [0.2, 0.25) is 0 Å². The molecule has 3 nitrogen and oxygen atoms in total. The van der Waals surface area contributed by atoms with Crippen molar-refractivity contribution >= 4 is 23.0 Å². The van der Waals surface area contributed by atoms with Crippen LogP contribution in [0.15, 0.2) is 24.3 Å². The molecule has 0 radical (unpaired) electrons. The van der Waals surface area contributed by atoms with Gasteiger partial charge in [0.05, 0.1) is 0 Å². The first kappa shape index (κ1) is 15.3. The van der Waals surface area contributed by atoms with Gasteiger partial charge < -0.3 is 16.4 Å². The average Bonchev–Trinajstić information content (AvgIpc) is 2.45. The molecule has 2 rings (SSSR count). The van der Waals surface area contributed by atoms with Crippen molar-refractivity contribution in [2.45, 2.75) is 51.0 Å². The van der Waals surface area contributed by atoms with Crippen LogP contribution in [0.4, 0.5) is 5.69 Å². The van der Waals surface area contributed by atoms with Crippen LogP contribution >= 0.6 is 12.2 Å². The Labute approximate surface area is 127 Å². The zero-order chi connectivity index (χ0) is 14.6. The SMILES string of the molecule is CCCN(C(N)=S)c1cccc(C2(N)CCCCC2)c1. The van der Waals surface area contributed by atoms with Crippen molar-refractivity contribution in [2.75, 3.05) is 11.4 Å². The number of nitrogens with two attached hydrogens (primary N) is 2. The van der Waals surface area contributed by atoms with E-state index in [0.717, 1.165) is 31.5 Å². The third-order valence-corrected chi connectivity index (χ3v) is 4.41. The molecule has 0 spiro atoms. The number of hydrogen-bond donors (Lipinski definition) is 2. The van der Waals surface area contributed by atoms with Crippen molar-refractivity contribution in [1.29, 1.82) is 0 Å². The Balaban J connectivity index is 2.28. The number of thiocarbonyl (C=S) groups is 1. The van der Waals surface area contributed by atoms with Gasteiger partial charge in [-0.25, -0.2) is 0 Å². The Bertz CT molecular complexity index is 467. The highest BCUT2D eigenvalue weighted by Gasteiger charge is 2.29. The van der Waals surface area contributed by atoms with Crippen molar-refractivity contribution in [3.05, 3.63) is 29.8 Å². The van der Waals surface area contributed by atoms with Crippen LogP contribution in [0.3, 0.4) is 0 Å². The zero-order valence-electron chi connectivity index (χ0n) is 12.3. The maximum absolute atomic E-state index is 6.62. The molecule has 1 aromatic rings. The van der Waals surface area contributed by atoms with Gasteiger partial charge in [0.25, 0.3) is 0 Å². The van der Waals surface area contributed by atoms with E-state index in [-0.39, 0.29) is 5.54 Å². The molecule has 0 heterocycles. The second kappa shape index (κ2) is 6.55. The fraction of sp³-hybridized carbons (Fsp3) is 0.562. The van der Waals surface area contributed by atoms with E-state index in [1.807, 2.05) is 4.90 Å². The van der Waals surface area contributed by atoms with Crippen LogP contribution in [0, 0.1) is 0 Å². The molecule has 1 aliphatic rings. The van der Waals surface area contributed by atoms with E-state index in [9.17, 15) is 0 Å². The summed E-state index contributed by atoms with van der Waals surface area (Å²) in [6, 6.07) is 8.43. The number of hydrogen-bond acceptors (Lipinski definition) is 2. The first-order chi connectivity index (χ1) is 9.57. The summed E-state index contributed by atoms with van der Waals surface area (Å²) in [4.78, 5) is 1.99. The molecule has 0 aliphatic heterocycles. The molecular formula is C16H25N3S. The monoisotopic (exact) mass is 291 g/mol. The third kappa shape index (κ3) is 3.30. The van der Waals surface area contributed by atoms with E-state index in [1.54, 1.807) is 0 Å². The molecule has 0 amide bonds. The average molecular weight is 291 g/mol. The lowest BCUT2D eigenvalue weighted by molar-refractivity contribution is 0.302. The van der Waals surface area contributed by atoms with Gasteiger partial charge in [-0.05, 0) is 49.2 Å². The number of anilines is 1. The first-order valence-electron chi connectivity index (χ1n) is 7.53. The first-order valence-corrected chi connectivity index (χ1v) is 7.94. The molecule has 0 saturated heterocycles. The molecule has 4 heteroatoms. The lowest BCUT2D eigenvalue weighted by atomic mass is 9.77. The summed E-state index contributed by atoms with van der Waals surface area (Å²) in [5.74, 6) is 0. The van der Waals surface area contributed by atoms with Gasteiger partial charge in [-0.1, -0.05) is 38.3 Å². The molecule has 0 bridgehead atoms. The summed E-state index contributed by atoms with van der Waals surface area (Å²) < 4.78 is 0. The summed E-state index contributed by atoms with van der Waals surface area (Å²) in [5, 5.41) is 0.429. The van der Waals surface area contributed by atoms with Gasteiger partial charge in [-0.3, -0.25) is 0 Å². The molecule has 4 N–H and O–H groups in total. The lowest BCUT2D eigenvalue weighted by Crippen LogP contribution is -2.39. The van der Waals surface area contributed by atoms with Gasteiger partial charge in [0, 0.05) is 17.8 Å². The Morgan fingerprint density at radius 3 is 2.60 bits per heavy atom. The second-order valence-electron chi connectivity index (χ2n) is 5.76. The van der Waals surface area contributed by atoms with Crippen LogP contribution in [-0.4, -0.2) is 11.7 Å². The van der Waals surface area contributed by atoms with Crippen LogP contribution in [-0.2, 0) is 5.54 Å². The van der Waals surface area contributed by atoms with Gasteiger partial charge >= 0.3 is 0 Å². The topological polar surface area (TPSA) is 55.3 Å². The summed E-state index contributed by atoms with van der Waals surface area (Å²) in [6.07, 6.45) is 6.88. The Hall–Kier alpha value is -1.13. The van der Waals surface area contributed by atoms with Crippen LogP contribution < -0.4 is 16.4 Å². The second-order valence-corrected chi connectivity index (χ2v) is 6.18. The van der Waals surface area contributed by atoms with Crippen molar-refractivity contribution in [2.24, 2.45) is 11.5 Å². The minimum atomic E-state index is -0.178. The van der Waals surface area contributed by atoms with Crippen molar-refractivity contribution in [3.8, 4) is 0 Å². The predicted molar refractivity (Wildman–Crippen MR) is 89.8 cm³/mol. The molecule has 1 saturated carbocycles. The molecular weight excluding hydrogens is 266 g/mol. The lowest BCUT2D eigenvalue weighted by Gasteiger charge is -2.35. The van der Waals surface area contributed by atoms with E-state index in [1.165, 1.54) is 24.8 Å². The molecule has 1 aliphatic carbocycles. The van der Waals surface area contributed by atoms with Gasteiger partial charge in [-0.2, -0.15) is 0 Å². The van der Waals surface area contributed by atoms with E-state index in [0.29, 0.717) is 5.11 Å². The summed E-state index contributed by atoms with van der Waals surface area (Å²) in [5.41, 5.74) is 14.6. The third-order valence-electron chi connectivity index (χ3n) is 4.19. The smallest absolute Gasteiger partial charge is 0.170 e. The molecule has 1 aromatic carbocycles. The molecule has 110 valence electrons. The van der Waals surface area contributed by atoms with Gasteiger partial charge in [0.1, 0.15) is 0 Å². The summed E-state index contributed by atoms with van der Waals surface area (Å²) >= 11 is 5.16. The van der Waals surface area contributed by atoms with Gasteiger partial charge in [-0.15, -0.1) is 0 Å². The zero-order valence-corrected chi connectivity index (χ0v) is 13.1. The predicted octanol–water partition coefficient (Wildman–Crippen LogP) is 3.26. The van der Waals surface area contributed by atoms with Crippen molar-refractivity contribution in [1.82, 2.24) is 0 Å². The summed E-state index contributed by atoms with van der Waals surface area (Å²) in [7, 11) is 0. The molecule has 1 fully saturated rings. The van der Waals surface area contributed by atoms with Crippen LogP contribution in [0.1, 0.15) is 51.0 Å². The maximum atomic E-state index is 6.62. The minimum absolute atomic E-state index is 0.178. The van der Waals surface area contributed by atoms with Gasteiger partial charge in [0.2, 0.25) is 0 Å². The quantitative estimate of drug-likeness (QED) is 0.836. The highest BCUT2D eigenvalue weighted by atomic mass is 32.1. The largest absolute Gasteiger partial charge is 0.376 e. The molecule has 0 atom stereocenters. The Kier molecular flexibility index (Phi) is 5.00. The maximum Gasteiger partial charge on any atom is 0.170 e. The van der Waals surface area contributed by atoms with E-state index < -0.39 is 0 Å².